The van der Waals surface area contributed by atoms with Crippen molar-refractivity contribution < 1.29 is 19.0 Å². The van der Waals surface area contributed by atoms with Crippen molar-refractivity contribution in [2.75, 3.05) is 13.2 Å². The Bertz CT molecular complexity index is 660. The average Bonchev–Trinajstić information content (AvgIpc) is 2.57. The summed E-state index contributed by atoms with van der Waals surface area (Å²) < 4.78 is 18.7. The van der Waals surface area contributed by atoms with E-state index in [2.05, 4.69) is 0 Å². The zero-order chi connectivity index (χ0) is 16.7. The van der Waals surface area contributed by atoms with Crippen LogP contribution in [0.3, 0.4) is 0 Å². The number of amides is 1. The number of carbonyl (C=O) groups excluding carboxylic acids is 1. The summed E-state index contributed by atoms with van der Waals surface area (Å²) in [5, 5.41) is 9.25. The molecule has 0 saturated carbocycles. The lowest BCUT2D eigenvalue weighted by atomic mass is 10.2. The Hall–Kier alpha value is -2.40. The molecule has 2 aromatic rings. The molecule has 122 valence electrons. The first kappa shape index (κ1) is 17.0. The fourth-order valence-corrected chi connectivity index (χ4v) is 2.24. The molecule has 1 N–H and O–H groups in total. The maximum atomic E-state index is 13.2. The molecule has 1 amide bonds. The Morgan fingerprint density at radius 3 is 2.70 bits per heavy atom. The molecule has 2 aromatic carbocycles. The Morgan fingerprint density at radius 1 is 1.22 bits per heavy atom. The van der Waals surface area contributed by atoms with Crippen LogP contribution in [0.5, 0.6) is 5.75 Å². The second-order valence-electron chi connectivity index (χ2n) is 5.09. The predicted molar refractivity (Wildman–Crippen MR) is 85.4 cm³/mol. The number of ether oxygens (including phenoxy) is 1. The van der Waals surface area contributed by atoms with Crippen LogP contribution in [0.2, 0.25) is 0 Å². The summed E-state index contributed by atoms with van der Waals surface area (Å²) in [7, 11) is 0. The number of likely N-dealkylation sites (N-methyl/N-ethyl adjacent to an activating group) is 1. The molecule has 0 fully saturated rings. The number of nitrogens with zero attached hydrogens (tertiary/aromatic N) is 1. The van der Waals surface area contributed by atoms with E-state index in [0.29, 0.717) is 24.4 Å². The Kier molecular flexibility index (Phi) is 6.11. The number of carbonyl (C=O) groups is 1. The van der Waals surface area contributed by atoms with E-state index in [0.717, 1.165) is 5.56 Å². The van der Waals surface area contributed by atoms with Crippen LogP contribution in [0.15, 0.2) is 48.5 Å². The normalized spacial score (nSPS) is 10.4. The summed E-state index contributed by atoms with van der Waals surface area (Å²) in [5.41, 5.74) is 1.37. The van der Waals surface area contributed by atoms with Gasteiger partial charge in [-0.15, -0.1) is 0 Å². The quantitative estimate of drug-likeness (QED) is 0.854. The Balaban J connectivity index is 1.97. The van der Waals surface area contributed by atoms with Crippen molar-refractivity contribution in [3.63, 3.8) is 0 Å². The highest BCUT2D eigenvalue weighted by molar-refractivity contribution is 5.77. The van der Waals surface area contributed by atoms with Crippen LogP contribution in [0.4, 0.5) is 4.39 Å². The molecule has 5 heteroatoms. The van der Waals surface area contributed by atoms with Crippen LogP contribution in [-0.4, -0.2) is 29.1 Å². The van der Waals surface area contributed by atoms with Crippen molar-refractivity contribution in [1.29, 1.82) is 0 Å². The molecule has 23 heavy (non-hydrogen) atoms. The van der Waals surface area contributed by atoms with Crippen molar-refractivity contribution in [2.24, 2.45) is 0 Å². The summed E-state index contributed by atoms with van der Waals surface area (Å²) in [5.74, 6) is -0.0196. The summed E-state index contributed by atoms with van der Waals surface area (Å²) in [4.78, 5) is 13.9. The standard InChI is InChI=1S/C18H20FNO3/c1-2-20(11-14-6-5-8-16(19)10-14)18(22)13-23-17-9-4-3-7-15(17)12-21/h3-10,21H,2,11-13H2,1H3. The van der Waals surface area contributed by atoms with Gasteiger partial charge in [0.25, 0.3) is 5.91 Å². The first-order chi connectivity index (χ1) is 11.1. The van der Waals surface area contributed by atoms with Crippen molar-refractivity contribution in [1.82, 2.24) is 4.90 Å². The van der Waals surface area contributed by atoms with Gasteiger partial charge >= 0.3 is 0 Å². The van der Waals surface area contributed by atoms with E-state index in [1.54, 1.807) is 41.3 Å². The summed E-state index contributed by atoms with van der Waals surface area (Å²) in [6.07, 6.45) is 0. The molecule has 0 aromatic heterocycles. The van der Waals surface area contributed by atoms with Crippen LogP contribution < -0.4 is 4.74 Å². The lowest BCUT2D eigenvalue weighted by molar-refractivity contribution is -0.133. The number of benzene rings is 2. The molecule has 0 aliphatic heterocycles. The summed E-state index contributed by atoms with van der Waals surface area (Å²) in [6.45, 7) is 2.42. The van der Waals surface area contributed by atoms with Gasteiger partial charge in [-0.05, 0) is 30.7 Å². The van der Waals surface area contributed by atoms with Gasteiger partial charge in [0.15, 0.2) is 6.61 Å². The molecule has 0 saturated heterocycles. The fourth-order valence-electron chi connectivity index (χ4n) is 2.24. The zero-order valence-corrected chi connectivity index (χ0v) is 13.0. The second-order valence-corrected chi connectivity index (χ2v) is 5.09. The molecular formula is C18H20FNO3. The largest absolute Gasteiger partial charge is 0.483 e. The van der Waals surface area contributed by atoms with Crippen LogP contribution in [0, 0.1) is 5.82 Å². The van der Waals surface area contributed by atoms with Gasteiger partial charge in [0.2, 0.25) is 0 Å². The van der Waals surface area contributed by atoms with E-state index in [9.17, 15) is 14.3 Å². The molecule has 0 aliphatic carbocycles. The third-order valence-electron chi connectivity index (χ3n) is 3.49. The van der Waals surface area contributed by atoms with E-state index >= 15 is 0 Å². The van der Waals surface area contributed by atoms with E-state index in [1.165, 1.54) is 12.1 Å². The van der Waals surface area contributed by atoms with Gasteiger partial charge in [0.05, 0.1) is 6.61 Å². The van der Waals surface area contributed by atoms with Crippen LogP contribution in [0.1, 0.15) is 18.1 Å². The number of para-hydroxylation sites is 1. The highest BCUT2D eigenvalue weighted by atomic mass is 19.1. The summed E-state index contributed by atoms with van der Waals surface area (Å²) >= 11 is 0. The van der Waals surface area contributed by atoms with Gasteiger partial charge < -0.3 is 14.7 Å². The van der Waals surface area contributed by atoms with Crippen molar-refractivity contribution >= 4 is 5.91 Å². The first-order valence-electron chi connectivity index (χ1n) is 7.47. The van der Waals surface area contributed by atoms with Crippen molar-refractivity contribution in [3.05, 3.63) is 65.5 Å². The zero-order valence-electron chi connectivity index (χ0n) is 13.0. The number of hydrogen-bond donors (Lipinski definition) is 1. The topological polar surface area (TPSA) is 49.8 Å². The average molecular weight is 317 g/mol. The van der Waals surface area contributed by atoms with Crippen LogP contribution in [-0.2, 0) is 17.9 Å². The minimum atomic E-state index is -0.320. The maximum absolute atomic E-state index is 13.2. The van der Waals surface area contributed by atoms with Crippen molar-refractivity contribution in [3.8, 4) is 5.75 Å². The van der Waals surface area contributed by atoms with Crippen molar-refractivity contribution in [2.45, 2.75) is 20.1 Å². The molecule has 4 nitrogen and oxygen atoms in total. The number of rotatable bonds is 7. The molecule has 0 radical (unpaired) electrons. The molecule has 0 bridgehead atoms. The lowest BCUT2D eigenvalue weighted by Crippen LogP contribution is -2.34. The fraction of sp³-hybridized carbons (Fsp3) is 0.278. The minimum absolute atomic E-state index is 0.125. The number of aliphatic hydroxyl groups is 1. The van der Waals surface area contributed by atoms with E-state index in [1.807, 2.05) is 6.92 Å². The molecule has 0 unspecified atom stereocenters. The first-order valence-corrected chi connectivity index (χ1v) is 7.47. The SMILES string of the molecule is CCN(Cc1cccc(F)c1)C(=O)COc1ccccc1CO. The van der Waals surface area contributed by atoms with Crippen LogP contribution in [0.25, 0.3) is 0 Å². The van der Waals surface area contributed by atoms with Gasteiger partial charge in [0, 0.05) is 18.7 Å². The van der Waals surface area contributed by atoms with Gasteiger partial charge in [-0.25, -0.2) is 4.39 Å². The Labute approximate surface area is 135 Å². The van der Waals surface area contributed by atoms with Gasteiger partial charge in [0.1, 0.15) is 11.6 Å². The maximum Gasteiger partial charge on any atom is 0.260 e. The highest BCUT2D eigenvalue weighted by Gasteiger charge is 2.14. The third kappa shape index (κ3) is 4.79. The molecule has 0 spiro atoms. The molecule has 0 aliphatic rings. The van der Waals surface area contributed by atoms with E-state index in [4.69, 9.17) is 4.74 Å². The van der Waals surface area contributed by atoms with E-state index in [-0.39, 0.29) is 24.9 Å². The summed E-state index contributed by atoms with van der Waals surface area (Å²) in [6, 6.07) is 13.2. The highest BCUT2D eigenvalue weighted by Crippen LogP contribution is 2.18. The van der Waals surface area contributed by atoms with Gasteiger partial charge in [-0.1, -0.05) is 30.3 Å². The molecular weight excluding hydrogens is 297 g/mol. The van der Waals surface area contributed by atoms with Crippen LogP contribution >= 0.6 is 0 Å². The smallest absolute Gasteiger partial charge is 0.260 e. The minimum Gasteiger partial charge on any atom is -0.483 e. The number of halogens is 1. The lowest BCUT2D eigenvalue weighted by Gasteiger charge is -2.21. The molecule has 2 rings (SSSR count). The second kappa shape index (κ2) is 8.29. The monoisotopic (exact) mass is 317 g/mol. The van der Waals surface area contributed by atoms with Gasteiger partial charge in [-0.3, -0.25) is 4.79 Å². The molecule has 0 atom stereocenters. The van der Waals surface area contributed by atoms with Gasteiger partial charge in [-0.2, -0.15) is 0 Å². The predicted octanol–water partition coefficient (Wildman–Crippen LogP) is 2.75. The third-order valence-corrected chi connectivity index (χ3v) is 3.49. The van der Waals surface area contributed by atoms with E-state index < -0.39 is 0 Å². The number of hydrogen-bond acceptors (Lipinski definition) is 3. The molecule has 0 heterocycles. The number of aliphatic hydroxyl groups excluding tert-OH is 1. The Morgan fingerprint density at radius 2 is 2.00 bits per heavy atom.